The minimum Gasteiger partial charge on any atom is -0.311 e. The summed E-state index contributed by atoms with van der Waals surface area (Å²) >= 11 is 0. The highest BCUT2D eigenvalue weighted by molar-refractivity contribution is 5.16. The van der Waals surface area contributed by atoms with Gasteiger partial charge < -0.3 is 5.32 Å². The molecule has 0 radical (unpaired) electrons. The van der Waals surface area contributed by atoms with Crippen LogP contribution in [-0.4, -0.2) is 16.8 Å². The van der Waals surface area contributed by atoms with Crippen molar-refractivity contribution in [3.63, 3.8) is 0 Å². The molecule has 0 aliphatic carbocycles. The Morgan fingerprint density at radius 2 is 2.33 bits per heavy atom. The summed E-state index contributed by atoms with van der Waals surface area (Å²) in [4.78, 5) is 0. The van der Waals surface area contributed by atoms with Gasteiger partial charge >= 0.3 is 0 Å². The summed E-state index contributed by atoms with van der Waals surface area (Å²) in [5.41, 5.74) is 2.34. The van der Waals surface area contributed by atoms with Crippen molar-refractivity contribution in [2.75, 3.05) is 7.05 Å². The molecule has 1 aromatic heterocycles. The van der Waals surface area contributed by atoms with Gasteiger partial charge in [-0.15, -0.1) is 11.8 Å². The highest BCUT2D eigenvalue weighted by Crippen LogP contribution is 2.16. The van der Waals surface area contributed by atoms with Gasteiger partial charge in [0, 0.05) is 13.5 Å². The second kappa shape index (κ2) is 5.57. The molecule has 3 nitrogen and oxygen atoms in total. The summed E-state index contributed by atoms with van der Waals surface area (Å²) in [6.45, 7) is 3.99. The molecule has 1 N–H and O–H groups in total. The number of aromatic nitrogens is 2. The lowest BCUT2D eigenvalue weighted by molar-refractivity contribution is 0.550. The molecule has 0 bridgehead atoms. The molecular formula is C12H19N3. The molecule has 1 atom stereocenters. The summed E-state index contributed by atoms with van der Waals surface area (Å²) in [6, 6.07) is 2.42. The molecule has 82 valence electrons. The van der Waals surface area contributed by atoms with E-state index in [1.807, 2.05) is 25.7 Å². The summed E-state index contributed by atoms with van der Waals surface area (Å²) in [5, 5.41) is 7.70. The third kappa shape index (κ3) is 2.84. The van der Waals surface area contributed by atoms with Gasteiger partial charge in [0.05, 0.1) is 17.4 Å². The van der Waals surface area contributed by atoms with Crippen molar-refractivity contribution in [2.45, 2.75) is 32.7 Å². The molecule has 0 aliphatic heterocycles. The Labute approximate surface area is 91.9 Å². The number of aryl methyl sites for hydroxylation is 2. The van der Waals surface area contributed by atoms with E-state index < -0.39 is 0 Å². The first-order valence-electron chi connectivity index (χ1n) is 5.32. The molecule has 3 heteroatoms. The Morgan fingerprint density at radius 1 is 1.60 bits per heavy atom. The van der Waals surface area contributed by atoms with Crippen LogP contribution >= 0.6 is 0 Å². The van der Waals surface area contributed by atoms with Gasteiger partial charge in [-0.25, -0.2) is 0 Å². The van der Waals surface area contributed by atoms with E-state index in [4.69, 9.17) is 0 Å². The van der Waals surface area contributed by atoms with E-state index in [1.165, 1.54) is 5.69 Å². The summed E-state index contributed by atoms with van der Waals surface area (Å²) in [7, 11) is 3.94. The largest absolute Gasteiger partial charge is 0.311 e. The van der Waals surface area contributed by atoms with E-state index in [2.05, 4.69) is 35.2 Å². The van der Waals surface area contributed by atoms with Crippen molar-refractivity contribution < 1.29 is 0 Å². The van der Waals surface area contributed by atoms with Gasteiger partial charge in [-0.2, -0.15) is 5.10 Å². The molecule has 1 aromatic rings. The molecule has 0 saturated heterocycles. The van der Waals surface area contributed by atoms with Gasteiger partial charge in [0.25, 0.3) is 0 Å². The average molecular weight is 205 g/mol. The first-order chi connectivity index (χ1) is 7.22. The van der Waals surface area contributed by atoms with E-state index in [1.54, 1.807) is 0 Å². The molecule has 0 saturated carbocycles. The maximum absolute atomic E-state index is 4.43. The summed E-state index contributed by atoms with van der Waals surface area (Å²) in [5.74, 6) is 6.02. The zero-order valence-electron chi connectivity index (χ0n) is 9.96. The Morgan fingerprint density at radius 3 is 2.80 bits per heavy atom. The van der Waals surface area contributed by atoms with Crippen LogP contribution in [0.2, 0.25) is 0 Å². The Balaban J connectivity index is 2.88. The molecule has 1 heterocycles. The molecule has 0 aliphatic rings. The van der Waals surface area contributed by atoms with Gasteiger partial charge in [-0.05, 0) is 26.5 Å². The summed E-state index contributed by atoms with van der Waals surface area (Å²) in [6.07, 6.45) is 1.80. The van der Waals surface area contributed by atoms with Crippen molar-refractivity contribution in [3.8, 4) is 11.8 Å². The van der Waals surface area contributed by atoms with Crippen LogP contribution in [0.4, 0.5) is 0 Å². The van der Waals surface area contributed by atoms with Crippen molar-refractivity contribution in [1.29, 1.82) is 0 Å². The van der Waals surface area contributed by atoms with Crippen LogP contribution in [0.1, 0.15) is 37.7 Å². The van der Waals surface area contributed by atoms with E-state index in [-0.39, 0.29) is 6.04 Å². The predicted molar refractivity (Wildman–Crippen MR) is 62.5 cm³/mol. The van der Waals surface area contributed by atoms with Crippen LogP contribution in [0.15, 0.2) is 6.07 Å². The van der Waals surface area contributed by atoms with E-state index in [9.17, 15) is 0 Å². The smallest absolute Gasteiger partial charge is 0.0625 e. The van der Waals surface area contributed by atoms with Crippen LogP contribution in [0.25, 0.3) is 0 Å². The molecule has 0 fully saturated rings. The lowest BCUT2D eigenvalue weighted by Crippen LogP contribution is -2.18. The first kappa shape index (κ1) is 11.8. The zero-order valence-corrected chi connectivity index (χ0v) is 9.96. The fraction of sp³-hybridized carbons (Fsp3) is 0.583. The normalized spacial score (nSPS) is 12.0. The molecule has 0 aromatic carbocycles. The highest BCUT2D eigenvalue weighted by atomic mass is 15.3. The zero-order chi connectivity index (χ0) is 11.3. The quantitative estimate of drug-likeness (QED) is 0.758. The van der Waals surface area contributed by atoms with Crippen LogP contribution in [0.5, 0.6) is 0 Å². The number of rotatable bonds is 4. The average Bonchev–Trinajstić information content (AvgIpc) is 2.61. The maximum atomic E-state index is 4.43. The topological polar surface area (TPSA) is 29.9 Å². The van der Waals surface area contributed by atoms with Gasteiger partial charge in [0.1, 0.15) is 0 Å². The molecular weight excluding hydrogens is 186 g/mol. The molecule has 0 spiro atoms. The van der Waals surface area contributed by atoms with Crippen molar-refractivity contribution in [3.05, 3.63) is 17.5 Å². The highest BCUT2D eigenvalue weighted by Gasteiger charge is 2.13. The number of hydrogen-bond acceptors (Lipinski definition) is 2. The molecule has 15 heavy (non-hydrogen) atoms. The second-order valence-electron chi connectivity index (χ2n) is 3.51. The SMILES string of the molecule is CC#CCC(NC)c1cc(CC)nn1C. The second-order valence-corrected chi connectivity index (χ2v) is 3.51. The predicted octanol–water partition coefficient (Wildman–Crippen LogP) is 1.66. The lowest BCUT2D eigenvalue weighted by atomic mass is 10.1. The van der Waals surface area contributed by atoms with Gasteiger partial charge in [-0.1, -0.05) is 6.92 Å². The number of nitrogens with zero attached hydrogens (tertiary/aromatic N) is 2. The van der Waals surface area contributed by atoms with Crippen LogP contribution in [0, 0.1) is 11.8 Å². The first-order valence-corrected chi connectivity index (χ1v) is 5.32. The Kier molecular flexibility index (Phi) is 4.38. The lowest BCUT2D eigenvalue weighted by Gasteiger charge is -2.12. The van der Waals surface area contributed by atoms with Crippen LogP contribution < -0.4 is 5.32 Å². The van der Waals surface area contributed by atoms with Crippen molar-refractivity contribution in [2.24, 2.45) is 7.05 Å². The standard InChI is InChI=1S/C12H19N3/c1-5-7-8-11(13-3)12-9-10(6-2)14-15(12)4/h9,11,13H,6,8H2,1-4H3. The van der Waals surface area contributed by atoms with Crippen molar-refractivity contribution >= 4 is 0 Å². The van der Waals surface area contributed by atoms with Gasteiger partial charge in [0.2, 0.25) is 0 Å². The molecule has 1 unspecified atom stereocenters. The van der Waals surface area contributed by atoms with Crippen LogP contribution in [-0.2, 0) is 13.5 Å². The minimum absolute atomic E-state index is 0.273. The summed E-state index contributed by atoms with van der Waals surface area (Å²) < 4.78 is 1.94. The fourth-order valence-electron chi connectivity index (χ4n) is 1.60. The van der Waals surface area contributed by atoms with E-state index in [0.717, 1.165) is 18.5 Å². The monoisotopic (exact) mass is 205 g/mol. The fourth-order valence-corrected chi connectivity index (χ4v) is 1.60. The Bertz CT molecular complexity index is 368. The third-order valence-electron chi connectivity index (χ3n) is 2.52. The van der Waals surface area contributed by atoms with Gasteiger partial charge in [0.15, 0.2) is 0 Å². The molecule has 0 amide bonds. The van der Waals surface area contributed by atoms with E-state index >= 15 is 0 Å². The molecule has 1 rings (SSSR count). The minimum atomic E-state index is 0.273. The maximum Gasteiger partial charge on any atom is 0.0625 e. The number of nitrogens with one attached hydrogen (secondary N) is 1. The van der Waals surface area contributed by atoms with Gasteiger partial charge in [-0.3, -0.25) is 4.68 Å². The third-order valence-corrected chi connectivity index (χ3v) is 2.52. The van der Waals surface area contributed by atoms with E-state index in [0.29, 0.717) is 0 Å². The Hall–Kier alpha value is -1.27. The number of hydrogen-bond donors (Lipinski definition) is 1. The van der Waals surface area contributed by atoms with Crippen LogP contribution in [0.3, 0.4) is 0 Å². The van der Waals surface area contributed by atoms with Crippen molar-refractivity contribution in [1.82, 2.24) is 15.1 Å².